The molecule has 0 aromatic carbocycles. The molecular weight excluding hydrogens is 227 g/mol. The lowest BCUT2D eigenvalue weighted by Crippen LogP contribution is -2.06. The highest BCUT2D eigenvalue weighted by molar-refractivity contribution is 9.10. The van der Waals surface area contributed by atoms with E-state index in [9.17, 15) is 0 Å². The van der Waals surface area contributed by atoms with Gasteiger partial charge >= 0.3 is 0 Å². The molecule has 1 aromatic heterocycles. The molecule has 0 aliphatic carbocycles. The molecule has 0 unspecified atom stereocenters. The minimum atomic E-state index is 0. The Balaban J connectivity index is 0.000001000. The Bertz CT molecular complexity index is 210. The van der Waals surface area contributed by atoms with Gasteiger partial charge in [-0.3, -0.25) is 4.98 Å². The summed E-state index contributed by atoms with van der Waals surface area (Å²) < 4.78 is 0.983. The van der Waals surface area contributed by atoms with Crippen molar-refractivity contribution >= 4 is 28.3 Å². The number of rotatable bonds is 1. The molecule has 4 heteroatoms. The van der Waals surface area contributed by atoms with Crippen LogP contribution in [0.4, 0.5) is 0 Å². The van der Waals surface area contributed by atoms with E-state index in [1.807, 2.05) is 19.1 Å². The average molecular weight is 238 g/mol. The lowest BCUT2D eigenvalue weighted by atomic mass is 10.2. The number of pyridine rings is 1. The van der Waals surface area contributed by atoms with Gasteiger partial charge in [-0.15, -0.1) is 12.4 Å². The van der Waals surface area contributed by atoms with Crippen molar-refractivity contribution in [2.45, 2.75) is 13.0 Å². The Morgan fingerprint density at radius 1 is 1.55 bits per heavy atom. The van der Waals surface area contributed by atoms with E-state index in [0.29, 0.717) is 0 Å². The average Bonchev–Trinajstić information content (AvgIpc) is 1.88. The van der Waals surface area contributed by atoms with Gasteiger partial charge < -0.3 is 5.73 Å². The Morgan fingerprint density at radius 3 is 2.55 bits per heavy atom. The Kier molecular flexibility index (Phi) is 4.65. The lowest BCUT2D eigenvalue weighted by molar-refractivity contribution is 0.780. The second-order valence-electron chi connectivity index (χ2n) is 2.19. The second kappa shape index (κ2) is 4.70. The molecule has 0 saturated carbocycles. The smallest absolute Gasteiger partial charge is 0.0569 e. The summed E-state index contributed by atoms with van der Waals surface area (Å²) in [5, 5.41) is 0. The number of nitrogens with two attached hydrogens (primary N) is 1. The van der Waals surface area contributed by atoms with Gasteiger partial charge in [0, 0.05) is 16.7 Å². The van der Waals surface area contributed by atoms with Crippen molar-refractivity contribution in [2.24, 2.45) is 5.73 Å². The third-order valence-electron chi connectivity index (χ3n) is 1.22. The summed E-state index contributed by atoms with van der Waals surface area (Å²) in [6, 6.07) is 3.87. The van der Waals surface area contributed by atoms with Crippen LogP contribution in [-0.4, -0.2) is 4.98 Å². The molecule has 1 rings (SSSR count). The van der Waals surface area contributed by atoms with Crippen molar-refractivity contribution in [3.05, 3.63) is 28.5 Å². The number of halogens is 2. The van der Waals surface area contributed by atoms with Crippen LogP contribution in [0.5, 0.6) is 0 Å². The molecule has 0 bridgehead atoms. The normalized spacial score (nSPS) is 11.9. The van der Waals surface area contributed by atoms with Crippen molar-refractivity contribution in [3.8, 4) is 0 Å². The Labute approximate surface area is 80.7 Å². The van der Waals surface area contributed by atoms with Crippen LogP contribution >= 0.6 is 28.3 Å². The van der Waals surface area contributed by atoms with Crippen LogP contribution in [0.25, 0.3) is 0 Å². The van der Waals surface area contributed by atoms with Gasteiger partial charge in [-0.05, 0) is 35.0 Å². The molecule has 0 amide bonds. The number of aromatic nitrogens is 1. The zero-order valence-corrected chi connectivity index (χ0v) is 8.52. The summed E-state index contributed by atoms with van der Waals surface area (Å²) in [6.45, 7) is 1.91. The van der Waals surface area contributed by atoms with E-state index in [2.05, 4.69) is 20.9 Å². The molecule has 11 heavy (non-hydrogen) atoms. The Hall–Kier alpha value is -0.120. The van der Waals surface area contributed by atoms with Crippen LogP contribution in [-0.2, 0) is 0 Å². The number of nitrogens with zero attached hydrogens (tertiary/aromatic N) is 1. The fraction of sp³-hybridized carbons (Fsp3) is 0.286. The zero-order chi connectivity index (χ0) is 7.56. The summed E-state index contributed by atoms with van der Waals surface area (Å²) in [4.78, 5) is 4.11. The van der Waals surface area contributed by atoms with Crippen LogP contribution in [0.2, 0.25) is 0 Å². The predicted octanol–water partition coefficient (Wildman–Crippen LogP) is 2.29. The first kappa shape index (κ1) is 10.9. The SMILES string of the molecule is C[C@@H](N)c1ccc(Br)cn1.Cl. The van der Waals surface area contributed by atoms with Gasteiger partial charge in [0.2, 0.25) is 0 Å². The predicted molar refractivity (Wildman–Crippen MR) is 51.8 cm³/mol. The van der Waals surface area contributed by atoms with E-state index < -0.39 is 0 Å². The monoisotopic (exact) mass is 236 g/mol. The summed E-state index contributed by atoms with van der Waals surface area (Å²) in [5.41, 5.74) is 6.51. The molecule has 1 aromatic rings. The molecule has 0 fully saturated rings. The quantitative estimate of drug-likeness (QED) is 0.814. The first-order chi connectivity index (χ1) is 4.70. The van der Waals surface area contributed by atoms with Gasteiger partial charge in [-0.25, -0.2) is 0 Å². The van der Waals surface area contributed by atoms with Crippen molar-refractivity contribution < 1.29 is 0 Å². The summed E-state index contributed by atoms with van der Waals surface area (Å²) in [6.07, 6.45) is 1.75. The van der Waals surface area contributed by atoms with Crippen molar-refractivity contribution in [1.29, 1.82) is 0 Å². The summed E-state index contributed by atoms with van der Waals surface area (Å²) in [7, 11) is 0. The van der Waals surface area contributed by atoms with Gasteiger partial charge in [0.25, 0.3) is 0 Å². The lowest BCUT2D eigenvalue weighted by Gasteiger charge is -2.02. The summed E-state index contributed by atoms with van der Waals surface area (Å²) >= 11 is 3.29. The second-order valence-corrected chi connectivity index (χ2v) is 3.11. The fourth-order valence-electron chi connectivity index (χ4n) is 0.657. The molecular formula is C7H10BrClN2. The van der Waals surface area contributed by atoms with E-state index in [1.54, 1.807) is 6.20 Å². The molecule has 0 aliphatic heterocycles. The molecule has 0 spiro atoms. The third kappa shape index (κ3) is 3.18. The van der Waals surface area contributed by atoms with Crippen LogP contribution in [0, 0.1) is 0 Å². The highest BCUT2D eigenvalue weighted by Crippen LogP contribution is 2.10. The van der Waals surface area contributed by atoms with Crippen LogP contribution in [0.3, 0.4) is 0 Å². The molecule has 0 aliphatic rings. The van der Waals surface area contributed by atoms with Crippen LogP contribution in [0.15, 0.2) is 22.8 Å². The maximum Gasteiger partial charge on any atom is 0.0569 e. The molecule has 2 nitrogen and oxygen atoms in total. The molecule has 2 N–H and O–H groups in total. The molecule has 1 atom stereocenters. The van der Waals surface area contributed by atoms with Gasteiger partial charge in [0.15, 0.2) is 0 Å². The Morgan fingerprint density at radius 2 is 2.18 bits per heavy atom. The third-order valence-corrected chi connectivity index (χ3v) is 1.69. The summed E-state index contributed by atoms with van der Waals surface area (Å²) in [5.74, 6) is 0. The largest absolute Gasteiger partial charge is 0.323 e. The topological polar surface area (TPSA) is 38.9 Å². The minimum Gasteiger partial charge on any atom is -0.323 e. The van der Waals surface area contributed by atoms with Crippen LogP contribution in [0.1, 0.15) is 18.7 Å². The number of hydrogen-bond acceptors (Lipinski definition) is 2. The van der Waals surface area contributed by atoms with Crippen molar-refractivity contribution in [1.82, 2.24) is 4.98 Å². The van der Waals surface area contributed by atoms with Crippen molar-refractivity contribution in [2.75, 3.05) is 0 Å². The standard InChI is InChI=1S/C7H9BrN2.ClH/c1-5(9)7-3-2-6(8)4-10-7;/h2-5H,9H2,1H3;1H/t5-;/m1./s1. The van der Waals surface area contributed by atoms with Crippen molar-refractivity contribution in [3.63, 3.8) is 0 Å². The first-order valence-electron chi connectivity index (χ1n) is 3.07. The molecule has 0 saturated heterocycles. The molecule has 62 valence electrons. The fourth-order valence-corrected chi connectivity index (χ4v) is 0.891. The van der Waals surface area contributed by atoms with E-state index in [-0.39, 0.29) is 18.4 Å². The van der Waals surface area contributed by atoms with Gasteiger partial charge in [-0.2, -0.15) is 0 Å². The van der Waals surface area contributed by atoms with Crippen LogP contribution < -0.4 is 5.73 Å². The maximum atomic E-state index is 5.59. The molecule has 1 heterocycles. The van der Waals surface area contributed by atoms with E-state index in [1.165, 1.54) is 0 Å². The zero-order valence-electron chi connectivity index (χ0n) is 6.12. The van der Waals surface area contributed by atoms with Gasteiger partial charge in [0.1, 0.15) is 0 Å². The highest BCUT2D eigenvalue weighted by atomic mass is 79.9. The van der Waals surface area contributed by atoms with E-state index >= 15 is 0 Å². The number of hydrogen-bond donors (Lipinski definition) is 1. The molecule has 0 radical (unpaired) electrons. The van der Waals surface area contributed by atoms with E-state index in [4.69, 9.17) is 5.73 Å². The first-order valence-corrected chi connectivity index (χ1v) is 3.86. The van der Waals surface area contributed by atoms with Gasteiger partial charge in [-0.1, -0.05) is 0 Å². The van der Waals surface area contributed by atoms with E-state index in [0.717, 1.165) is 10.2 Å². The minimum absolute atomic E-state index is 0. The van der Waals surface area contributed by atoms with Gasteiger partial charge in [0.05, 0.1) is 5.69 Å². The highest BCUT2D eigenvalue weighted by Gasteiger charge is 1.97. The maximum absolute atomic E-state index is 5.59.